The molecule has 0 unspecified atom stereocenters. The number of hydrogen-bond donors (Lipinski definition) is 1. The highest BCUT2D eigenvalue weighted by atomic mass is 16.5. The maximum atomic E-state index is 11.9. The Hall–Kier alpha value is -1.10. The van der Waals surface area contributed by atoms with Gasteiger partial charge in [-0.25, -0.2) is 0 Å². The zero-order chi connectivity index (χ0) is 14.7. The summed E-state index contributed by atoms with van der Waals surface area (Å²) in [6, 6.07) is 0. The SMILES string of the molecule is CCCCC(=O)N(CCCOC(C)C)CCC(=O)O. The van der Waals surface area contributed by atoms with E-state index in [1.807, 2.05) is 20.8 Å². The van der Waals surface area contributed by atoms with Crippen LogP contribution in [-0.4, -0.2) is 47.7 Å². The van der Waals surface area contributed by atoms with E-state index in [-0.39, 0.29) is 18.4 Å². The van der Waals surface area contributed by atoms with Crippen LogP contribution in [0.5, 0.6) is 0 Å². The molecular weight excluding hydrogens is 246 g/mol. The zero-order valence-corrected chi connectivity index (χ0v) is 12.4. The first-order valence-electron chi connectivity index (χ1n) is 7.08. The second-order valence-electron chi connectivity index (χ2n) is 4.90. The van der Waals surface area contributed by atoms with Crippen molar-refractivity contribution in [3.63, 3.8) is 0 Å². The van der Waals surface area contributed by atoms with Crippen molar-refractivity contribution in [1.82, 2.24) is 4.90 Å². The van der Waals surface area contributed by atoms with Crippen LogP contribution >= 0.6 is 0 Å². The lowest BCUT2D eigenvalue weighted by atomic mass is 10.2. The molecule has 0 rings (SSSR count). The summed E-state index contributed by atoms with van der Waals surface area (Å²) in [5, 5.41) is 8.70. The smallest absolute Gasteiger partial charge is 0.305 e. The van der Waals surface area contributed by atoms with Crippen molar-refractivity contribution < 1.29 is 19.4 Å². The fourth-order valence-electron chi connectivity index (χ4n) is 1.65. The molecule has 112 valence electrons. The van der Waals surface area contributed by atoms with Gasteiger partial charge in [0.25, 0.3) is 0 Å². The van der Waals surface area contributed by atoms with Gasteiger partial charge in [0.2, 0.25) is 5.91 Å². The molecular formula is C14H27NO4. The van der Waals surface area contributed by atoms with Crippen molar-refractivity contribution >= 4 is 11.9 Å². The number of carbonyl (C=O) groups excluding carboxylic acids is 1. The van der Waals surface area contributed by atoms with Crippen LogP contribution in [0.2, 0.25) is 0 Å². The first kappa shape index (κ1) is 17.9. The summed E-state index contributed by atoms with van der Waals surface area (Å²) in [7, 11) is 0. The van der Waals surface area contributed by atoms with Gasteiger partial charge < -0.3 is 14.7 Å². The molecule has 0 bridgehead atoms. The lowest BCUT2D eigenvalue weighted by Gasteiger charge is -2.22. The maximum absolute atomic E-state index is 11.9. The van der Waals surface area contributed by atoms with Crippen LogP contribution in [-0.2, 0) is 14.3 Å². The Morgan fingerprint density at radius 1 is 1.16 bits per heavy atom. The molecule has 0 aromatic carbocycles. The summed E-state index contributed by atoms with van der Waals surface area (Å²) in [6.45, 7) is 7.43. The molecule has 0 saturated heterocycles. The normalized spacial score (nSPS) is 10.7. The van der Waals surface area contributed by atoms with Gasteiger partial charge in [-0.05, 0) is 26.7 Å². The molecule has 0 atom stereocenters. The fourth-order valence-corrected chi connectivity index (χ4v) is 1.65. The third-order valence-corrected chi connectivity index (χ3v) is 2.72. The molecule has 0 radical (unpaired) electrons. The molecule has 0 aliphatic heterocycles. The van der Waals surface area contributed by atoms with Gasteiger partial charge in [0.15, 0.2) is 0 Å². The second-order valence-corrected chi connectivity index (χ2v) is 4.90. The minimum absolute atomic E-state index is 0.00288. The van der Waals surface area contributed by atoms with Crippen molar-refractivity contribution in [1.29, 1.82) is 0 Å². The third-order valence-electron chi connectivity index (χ3n) is 2.72. The van der Waals surface area contributed by atoms with Gasteiger partial charge in [-0.2, -0.15) is 0 Å². The summed E-state index contributed by atoms with van der Waals surface area (Å²) in [5.41, 5.74) is 0. The summed E-state index contributed by atoms with van der Waals surface area (Å²) in [4.78, 5) is 24.2. The minimum atomic E-state index is -0.869. The molecule has 0 aliphatic rings. The van der Waals surface area contributed by atoms with Gasteiger partial charge in [-0.3, -0.25) is 9.59 Å². The first-order valence-corrected chi connectivity index (χ1v) is 7.08. The van der Waals surface area contributed by atoms with Gasteiger partial charge in [0.05, 0.1) is 12.5 Å². The van der Waals surface area contributed by atoms with Crippen molar-refractivity contribution in [3.05, 3.63) is 0 Å². The van der Waals surface area contributed by atoms with Crippen LogP contribution in [0.25, 0.3) is 0 Å². The summed E-state index contributed by atoms with van der Waals surface area (Å²) in [6.07, 6.45) is 3.25. The standard InChI is InChI=1S/C14H27NO4/c1-4-5-7-13(16)15(10-8-14(17)18)9-6-11-19-12(2)3/h12H,4-11H2,1-3H3,(H,17,18). The number of amides is 1. The monoisotopic (exact) mass is 273 g/mol. The molecule has 0 fully saturated rings. The van der Waals surface area contributed by atoms with Crippen molar-refractivity contribution in [2.75, 3.05) is 19.7 Å². The number of carboxylic acids is 1. The zero-order valence-electron chi connectivity index (χ0n) is 12.4. The van der Waals surface area contributed by atoms with Crippen LogP contribution in [0.1, 0.15) is 52.9 Å². The van der Waals surface area contributed by atoms with Gasteiger partial charge in [-0.15, -0.1) is 0 Å². The van der Waals surface area contributed by atoms with E-state index in [0.29, 0.717) is 26.1 Å². The lowest BCUT2D eigenvalue weighted by Crippen LogP contribution is -2.34. The van der Waals surface area contributed by atoms with Crippen LogP contribution in [0.3, 0.4) is 0 Å². The van der Waals surface area contributed by atoms with Crippen LogP contribution < -0.4 is 0 Å². The predicted molar refractivity (Wildman–Crippen MR) is 74.1 cm³/mol. The number of carboxylic acid groups (broad SMARTS) is 1. The highest BCUT2D eigenvalue weighted by molar-refractivity contribution is 5.77. The fraction of sp³-hybridized carbons (Fsp3) is 0.857. The van der Waals surface area contributed by atoms with Gasteiger partial charge in [0.1, 0.15) is 0 Å². The maximum Gasteiger partial charge on any atom is 0.305 e. The van der Waals surface area contributed by atoms with E-state index in [9.17, 15) is 9.59 Å². The molecule has 5 nitrogen and oxygen atoms in total. The molecule has 1 amide bonds. The average molecular weight is 273 g/mol. The highest BCUT2D eigenvalue weighted by Gasteiger charge is 2.13. The number of ether oxygens (including phenoxy) is 1. The molecule has 0 spiro atoms. The molecule has 0 heterocycles. The molecule has 19 heavy (non-hydrogen) atoms. The number of nitrogens with zero attached hydrogens (tertiary/aromatic N) is 1. The molecule has 0 aliphatic carbocycles. The van der Waals surface area contributed by atoms with E-state index >= 15 is 0 Å². The van der Waals surface area contributed by atoms with E-state index in [1.54, 1.807) is 4.90 Å². The van der Waals surface area contributed by atoms with E-state index in [4.69, 9.17) is 9.84 Å². The molecule has 0 aromatic rings. The molecule has 0 saturated carbocycles. The van der Waals surface area contributed by atoms with E-state index in [0.717, 1.165) is 19.3 Å². The Bertz CT molecular complexity index is 266. The first-order chi connectivity index (χ1) is 8.97. The number of aliphatic carboxylic acids is 1. The van der Waals surface area contributed by atoms with Gasteiger partial charge in [-0.1, -0.05) is 13.3 Å². The molecule has 5 heteroatoms. The van der Waals surface area contributed by atoms with Crippen molar-refractivity contribution in [2.45, 2.75) is 59.0 Å². The van der Waals surface area contributed by atoms with Crippen LogP contribution in [0, 0.1) is 0 Å². The summed E-state index contributed by atoms with van der Waals surface area (Å²) < 4.78 is 5.42. The highest BCUT2D eigenvalue weighted by Crippen LogP contribution is 2.04. The van der Waals surface area contributed by atoms with E-state index in [1.165, 1.54) is 0 Å². The van der Waals surface area contributed by atoms with E-state index in [2.05, 4.69) is 0 Å². The van der Waals surface area contributed by atoms with Crippen molar-refractivity contribution in [3.8, 4) is 0 Å². The molecule has 1 N–H and O–H groups in total. The topological polar surface area (TPSA) is 66.8 Å². The van der Waals surface area contributed by atoms with E-state index < -0.39 is 5.97 Å². The largest absolute Gasteiger partial charge is 0.481 e. The Labute approximate surface area is 115 Å². The third kappa shape index (κ3) is 10.5. The quantitative estimate of drug-likeness (QED) is 0.587. The Kier molecular flexibility index (Phi) is 10.2. The van der Waals surface area contributed by atoms with Crippen molar-refractivity contribution in [2.24, 2.45) is 0 Å². The second kappa shape index (κ2) is 10.8. The van der Waals surface area contributed by atoms with Gasteiger partial charge in [0, 0.05) is 26.1 Å². The number of carbonyl (C=O) groups is 2. The minimum Gasteiger partial charge on any atom is -0.481 e. The Morgan fingerprint density at radius 2 is 1.84 bits per heavy atom. The number of rotatable bonds is 11. The van der Waals surface area contributed by atoms with Crippen LogP contribution in [0.4, 0.5) is 0 Å². The Balaban J connectivity index is 4.09. The number of unbranched alkanes of at least 4 members (excludes halogenated alkanes) is 1. The lowest BCUT2D eigenvalue weighted by molar-refractivity contribution is -0.138. The summed E-state index contributed by atoms with van der Waals surface area (Å²) in [5.74, 6) is -0.820. The van der Waals surface area contributed by atoms with Crippen LogP contribution in [0.15, 0.2) is 0 Å². The average Bonchev–Trinajstić information content (AvgIpc) is 2.34. The predicted octanol–water partition coefficient (Wildman–Crippen LogP) is 2.29. The molecule has 0 aromatic heterocycles. The summed E-state index contributed by atoms with van der Waals surface area (Å²) >= 11 is 0. The number of hydrogen-bond acceptors (Lipinski definition) is 3. The van der Waals surface area contributed by atoms with Gasteiger partial charge >= 0.3 is 5.97 Å². The Morgan fingerprint density at radius 3 is 2.37 bits per heavy atom.